The van der Waals surface area contributed by atoms with Crippen LogP contribution in [0, 0.1) is 17.3 Å². The molecule has 0 heterocycles. The van der Waals surface area contributed by atoms with E-state index in [1.54, 1.807) is 7.11 Å². The monoisotopic (exact) mass is 594 g/mol. The van der Waals surface area contributed by atoms with Crippen LogP contribution in [0.25, 0.3) is 0 Å². The van der Waals surface area contributed by atoms with Crippen LogP contribution in [0.1, 0.15) is 88.1 Å². The Bertz CT molecular complexity index is 926. The highest BCUT2D eigenvalue weighted by Crippen LogP contribution is 2.43. The average Bonchev–Trinajstić information content (AvgIpc) is 2.83. The van der Waals surface area contributed by atoms with Crippen LogP contribution in [0.3, 0.4) is 0 Å². The Morgan fingerprint density at radius 3 is 1.73 bits per heavy atom. The van der Waals surface area contributed by atoms with Gasteiger partial charge in [-0.15, -0.1) is 0 Å². The highest BCUT2D eigenvalue weighted by atomic mass is 28.4. The summed E-state index contributed by atoms with van der Waals surface area (Å²) in [7, 11) is -2.54. The predicted molar refractivity (Wildman–Crippen MR) is 174 cm³/mol. The summed E-state index contributed by atoms with van der Waals surface area (Å²) in [6.07, 6.45) is 0.416. The molecule has 1 rings (SSSR count). The quantitative estimate of drug-likeness (QED) is 0.189. The summed E-state index contributed by atoms with van der Waals surface area (Å²) in [5.74, 6) is 0.797. The second-order valence-corrected chi connectivity index (χ2v) is 24.8. The normalized spacial score (nSPS) is 16.8. The van der Waals surface area contributed by atoms with Gasteiger partial charge in [-0.2, -0.15) is 0 Å². The van der Waals surface area contributed by atoms with E-state index in [0.29, 0.717) is 13.2 Å². The smallest absolute Gasteiger partial charge is 0.192 e. The van der Waals surface area contributed by atoms with E-state index in [0.717, 1.165) is 17.7 Å². The lowest BCUT2D eigenvalue weighted by atomic mass is 9.73. The van der Waals surface area contributed by atoms with Crippen LogP contribution in [0.4, 0.5) is 0 Å². The molecule has 0 radical (unpaired) electrons. The molecule has 1 aromatic rings. The molecule has 1 unspecified atom stereocenters. The van der Waals surface area contributed by atoms with Crippen molar-refractivity contribution >= 4 is 22.4 Å². The molecule has 0 fully saturated rings. The third-order valence-electron chi connectivity index (χ3n) is 9.57. The van der Waals surface area contributed by atoms with Crippen molar-refractivity contribution in [2.75, 3.05) is 13.7 Å². The third kappa shape index (κ3) is 9.51. The van der Waals surface area contributed by atoms with Crippen LogP contribution >= 0.6 is 0 Å². The number of carbonyl (C=O) groups excluding carboxylic acids is 1. The fourth-order valence-electron chi connectivity index (χ4n) is 4.58. The number of Topliss-reactive ketones (excluding diaryl/α,β-unsaturated/α-hetero) is 1. The van der Waals surface area contributed by atoms with Gasteiger partial charge in [0, 0.05) is 17.3 Å². The second kappa shape index (κ2) is 14.0. The molecular formula is C33H62O5Si2. The Morgan fingerprint density at radius 1 is 0.825 bits per heavy atom. The fourth-order valence-corrected chi connectivity index (χ4v) is 7.57. The maximum Gasteiger partial charge on any atom is 0.192 e. The molecule has 0 saturated carbocycles. The first-order valence-electron chi connectivity index (χ1n) is 15.1. The standard InChI is InChI=1S/C33H62O5Si2/c1-17-28(37-39(13,14)31(4,5)6)33(10,11)30(34)25(3)29(38-40(15,16)32(7,8)9)24(2)22-36-23-26-18-20-27(35-12)21-19-26/h18-21,24-25,28-29H,17,22-23H2,1-16H3/t24-,25+,28?,29-/m0/s1. The second-order valence-electron chi connectivity index (χ2n) is 15.3. The molecule has 0 saturated heterocycles. The van der Waals surface area contributed by atoms with Crippen LogP contribution in [-0.2, 0) is 25.0 Å². The van der Waals surface area contributed by atoms with Crippen molar-refractivity contribution in [3.05, 3.63) is 29.8 Å². The first-order valence-corrected chi connectivity index (χ1v) is 20.9. The van der Waals surface area contributed by atoms with Gasteiger partial charge in [-0.3, -0.25) is 4.79 Å². The summed E-state index contributed by atoms with van der Waals surface area (Å²) < 4.78 is 25.4. The topological polar surface area (TPSA) is 54.0 Å². The zero-order valence-corrected chi connectivity index (χ0v) is 30.8. The number of hydrogen-bond donors (Lipinski definition) is 0. The lowest BCUT2D eigenvalue weighted by molar-refractivity contribution is -0.141. The molecule has 4 atom stereocenters. The van der Waals surface area contributed by atoms with Crippen molar-refractivity contribution in [3.63, 3.8) is 0 Å². The number of ketones is 1. The van der Waals surface area contributed by atoms with E-state index in [1.165, 1.54) is 0 Å². The molecule has 0 aliphatic rings. The number of hydrogen-bond acceptors (Lipinski definition) is 5. The average molecular weight is 595 g/mol. The van der Waals surface area contributed by atoms with Crippen LogP contribution < -0.4 is 4.74 Å². The first-order chi connectivity index (χ1) is 18.0. The van der Waals surface area contributed by atoms with E-state index in [1.807, 2.05) is 24.3 Å². The van der Waals surface area contributed by atoms with E-state index in [4.69, 9.17) is 18.3 Å². The lowest BCUT2D eigenvalue weighted by Gasteiger charge is -2.46. The first kappa shape index (κ1) is 37.0. The van der Waals surface area contributed by atoms with Crippen LogP contribution in [0.2, 0.25) is 36.3 Å². The summed E-state index contributed by atoms with van der Waals surface area (Å²) in [5.41, 5.74) is 0.455. The zero-order valence-electron chi connectivity index (χ0n) is 28.8. The molecule has 7 heteroatoms. The van der Waals surface area contributed by atoms with Gasteiger partial charge in [0.25, 0.3) is 0 Å². The maximum absolute atomic E-state index is 14.4. The van der Waals surface area contributed by atoms with Crippen LogP contribution in [0.15, 0.2) is 24.3 Å². The summed E-state index contributed by atoms with van der Waals surface area (Å²) in [4.78, 5) is 14.4. The molecule has 0 amide bonds. The van der Waals surface area contributed by atoms with Gasteiger partial charge in [0.15, 0.2) is 16.6 Å². The molecule has 1 aromatic carbocycles. The molecule has 0 N–H and O–H groups in total. The van der Waals surface area contributed by atoms with Gasteiger partial charge in [-0.25, -0.2) is 0 Å². The van der Waals surface area contributed by atoms with Gasteiger partial charge in [0.05, 0.1) is 32.5 Å². The molecule has 0 aliphatic carbocycles. The third-order valence-corrected chi connectivity index (χ3v) is 18.5. The Morgan fingerprint density at radius 2 is 1.30 bits per heavy atom. The predicted octanol–water partition coefficient (Wildman–Crippen LogP) is 9.27. The highest BCUT2D eigenvalue weighted by molar-refractivity contribution is 6.74. The summed E-state index contributed by atoms with van der Waals surface area (Å²) in [6.45, 7) is 34.1. The molecule has 232 valence electrons. The van der Waals surface area contributed by atoms with E-state index in [9.17, 15) is 4.79 Å². The fraction of sp³-hybridized carbons (Fsp3) is 0.788. The molecule has 5 nitrogen and oxygen atoms in total. The zero-order chi connectivity index (χ0) is 31.3. The largest absolute Gasteiger partial charge is 0.497 e. The number of ether oxygens (including phenoxy) is 2. The van der Waals surface area contributed by atoms with Crippen molar-refractivity contribution < 1.29 is 23.1 Å². The van der Waals surface area contributed by atoms with Gasteiger partial charge in [-0.05, 0) is 60.4 Å². The van der Waals surface area contributed by atoms with Gasteiger partial charge < -0.3 is 18.3 Å². The summed E-state index contributed by atoms with van der Waals surface area (Å²) in [6, 6.07) is 7.94. The highest BCUT2D eigenvalue weighted by Gasteiger charge is 2.49. The van der Waals surface area contributed by atoms with Gasteiger partial charge in [0.2, 0.25) is 0 Å². The molecule has 0 spiro atoms. The van der Waals surface area contributed by atoms with E-state index >= 15 is 0 Å². The molecule has 0 aliphatic heterocycles. The Balaban J connectivity index is 3.22. The number of methoxy groups -OCH3 is 1. The maximum atomic E-state index is 14.4. The Labute approximate surface area is 249 Å². The van der Waals surface area contributed by atoms with Crippen molar-refractivity contribution in [1.29, 1.82) is 0 Å². The molecule has 0 bridgehead atoms. The minimum Gasteiger partial charge on any atom is -0.497 e. The SMILES string of the molecule is CCC(O[Si](C)(C)C(C)(C)C)C(C)(C)C(=O)[C@H](C)[C@@H](O[Si](C)(C)C(C)(C)C)[C@@H](C)COCc1ccc(OC)cc1. The summed E-state index contributed by atoms with van der Waals surface area (Å²) >= 11 is 0. The molecular weight excluding hydrogens is 533 g/mol. The van der Waals surface area contributed by atoms with Gasteiger partial charge >= 0.3 is 0 Å². The van der Waals surface area contributed by atoms with Crippen molar-refractivity contribution in [1.82, 2.24) is 0 Å². The van der Waals surface area contributed by atoms with E-state index in [2.05, 4.69) is 102 Å². The summed E-state index contributed by atoms with van der Waals surface area (Å²) in [5, 5.41) is 0.111. The molecule has 40 heavy (non-hydrogen) atoms. The van der Waals surface area contributed by atoms with Crippen molar-refractivity contribution in [3.8, 4) is 5.75 Å². The number of carbonyl (C=O) groups is 1. The van der Waals surface area contributed by atoms with Gasteiger partial charge in [0.1, 0.15) is 11.5 Å². The number of rotatable bonds is 15. The van der Waals surface area contributed by atoms with Crippen LogP contribution in [0.5, 0.6) is 5.75 Å². The number of benzene rings is 1. The van der Waals surface area contributed by atoms with Crippen LogP contribution in [-0.4, -0.2) is 48.3 Å². The minimum absolute atomic E-state index is 0.0323. The Hall–Kier alpha value is -0.996. The molecule has 0 aromatic heterocycles. The van der Waals surface area contributed by atoms with Gasteiger partial charge in [-0.1, -0.05) is 88.3 Å². The Kier molecular flexibility index (Phi) is 12.9. The van der Waals surface area contributed by atoms with Crippen molar-refractivity contribution in [2.24, 2.45) is 17.3 Å². The van der Waals surface area contributed by atoms with E-state index in [-0.39, 0.29) is 39.9 Å². The lowest BCUT2D eigenvalue weighted by Crippen LogP contribution is -2.54. The van der Waals surface area contributed by atoms with E-state index < -0.39 is 22.0 Å². The van der Waals surface area contributed by atoms with Crippen molar-refractivity contribution in [2.45, 2.75) is 138 Å². The minimum atomic E-state index is -2.16.